The zero-order valence-corrected chi connectivity index (χ0v) is 11.2. The molecule has 0 atom stereocenters. The molecule has 0 aromatic heterocycles. The number of rotatable bonds is 4. The Morgan fingerprint density at radius 2 is 1.65 bits per heavy atom. The molecule has 1 amide bonds. The number of anilines is 1. The van der Waals surface area contributed by atoms with E-state index in [-0.39, 0.29) is 17.1 Å². The summed E-state index contributed by atoms with van der Waals surface area (Å²) in [5.74, 6) is 0.161. The topological polar surface area (TPSA) is 67.8 Å². The fourth-order valence-electron chi connectivity index (χ4n) is 1.81. The van der Waals surface area contributed by atoms with E-state index in [2.05, 4.69) is 5.32 Å². The van der Waals surface area contributed by atoms with E-state index >= 15 is 0 Å². The molecule has 5 heteroatoms. The van der Waals surface area contributed by atoms with Gasteiger partial charge in [0.05, 0.1) is 25.5 Å². The minimum Gasteiger partial charge on any atom is -0.504 e. The molecule has 2 rings (SSSR count). The van der Waals surface area contributed by atoms with Crippen molar-refractivity contribution in [3.05, 3.63) is 48.0 Å². The van der Waals surface area contributed by atoms with Crippen molar-refractivity contribution in [3.63, 3.8) is 0 Å². The molecule has 0 saturated heterocycles. The second-order valence-corrected chi connectivity index (χ2v) is 4.01. The van der Waals surface area contributed by atoms with Crippen LogP contribution < -0.4 is 14.8 Å². The van der Waals surface area contributed by atoms with Gasteiger partial charge in [0.1, 0.15) is 5.75 Å². The predicted octanol–water partition coefficient (Wildman–Crippen LogP) is 2.66. The maximum atomic E-state index is 12.2. The molecule has 0 spiro atoms. The average Bonchev–Trinajstić information content (AvgIpc) is 2.48. The number of amides is 1. The van der Waals surface area contributed by atoms with E-state index in [1.54, 1.807) is 36.4 Å². The highest BCUT2D eigenvalue weighted by Gasteiger charge is 2.16. The van der Waals surface area contributed by atoms with Crippen LogP contribution in [0, 0.1) is 0 Å². The number of hydrogen-bond acceptors (Lipinski definition) is 4. The lowest BCUT2D eigenvalue weighted by atomic mass is 10.1. The Balaban J connectivity index is 2.29. The summed E-state index contributed by atoms with van der Waals surface area (Å²) in [6, 6.07) is 11.8. The highest BCUT2D eigenvalue weighted by Crippen LogP contribution is 2.31. The number of para-hydroxylation sites is 3. The molecule has 0 aliphatic rings. The summed E-state index contributed by atoms with van der Waals surface area (Å²) in [4.78, 5) is 12.2. The second kappa shape index (κ2) is 5.97. The van der Waals surface area contributed by atoms with Crippen molar-refractivity contribution < 1.29 is 19.4 Å². The van der Waals surface area contributed by atoms with Crippen LogP contribution in [0.3, 0.4) is 0 Å². The Kier molecular flexibility index (Phi) is 4.10. The van der Waals surface area contributed by atoms with E-state index in [0.717, 1.165) is 0 Å². The van der Waals surface area contributed by atoms with Gasteiger partial charge < -0.3 is 19.9 Å². The maximum Gasteiger partial charge on any atom is 0.259 e. The van der Waals surface area contributed by atoms with E-state index in [1.807, 2.05) is 0 Å². The number of hydrogen-bond donors (Lipinski definition) is 2. The molecule has 0 bridgehead atoms. The van der Waals surface area contributed by atoms with Gasteiger partial charge in [-0.1, -0.05) is 18.2 Å². The summed E-state index contributed by atoms with van der Waals surface area (Å²) >= 11 is 0. The molecule has 0 aliphatic heterocycles. The second-order valence-electron chi connectivity index (χ2n) is 4.01. The van der Waals surface area contributed by atoms with Crippen LogP contribution in [-0.4, -0.2) is 25.2 Å². The number of nitrogens with one attached hydrogen (secondary N) is 1. The molecular weight excluding hydrogens is 258 g/mol. The van der Waals surface area contributed by atoms with Gasteiger partial charge in [0, 0.05) is 0 Å². The van der Waals surface area contributed by atoms with Gasteiger partial charge >= 0.3 is 0 Å². The molecule has 104 valence electrons. The van der Waals surface area contributed by atoms with Crippen molar-refractivity contribution in [2.75, 3.05) is 19.5 Å². The zero-order valence-electron chi connectivity index (χ0n) is 11.2. The van der Waals surface area contributed by atoms with Gasteiger partial charge in [0.15, 0.2) is 11.5 Å². The zero-order chi connectivity index (χ0) is 14.5. The molecular formula is C15H15NO4. The first-order valence-corrected chi connectivity index (χ1v) is 5.97. The predicted molar refractivity (Wildman–Crippen MR) is 75.6 cm³/mol. The largest absolute Gasteiger partial charge is 0.504 e. The fourth-order valence-corrected chi connectivity index (χ4v) is 1.81. The van der Waals surface area contributed by atoms with Crippen LogP contribution in [0.25, 0.3) is 0 Å². The van der Waals surface area contributed by atoms with E-state index in [1.165, 1.54) is 20.3 Å². The number of benzene rings is 2. The van der Waals surface area contributed by atoms with Crippen molar-refractivity contribution >= 4 is 11.6 Å². The molecule has 0 aliphatic carbocycles. The van der Waals surface area contributed by atoms with Gasteiger partial charge in [-0.05, 0) is 24.3 Å². The summed E-state index contributed by atoms with van der Waals surface area (Å²) in [6.07, 6.45) is 0. The number of ether oxygens (including phenoxy) is 2. The van der Waals surface area contributed by atoms with E-state index in [4.69, 9.17) is 9.47 Å². The number of carbonyl (C=O) groups excluding carboxylic acids is 1. The Bertz CT molecular complexity index is 625. The summed E-state index contributed by atoms with van der Waals surface area (Å²) in [6.45, 7) is 0. The lowest BCUT2D eigenvalue weighted by Crippen LogP contribution is -2.13. The van der Waals surface area contributed by atoms with Gasteiger partial charge in [-0.15, -0.1) is 0 Å². The first kappa shape index (κ1) is 13.7. The lowest BCUT2D eigenvalue weighted by Gasteiger charge is -2.11. The minimum atomic E-state index is -0.439. The molecule has 0 saturated carbocycles. The minimum absolute atomic E-state index is 0.134. The van der Waals surface area contributed by atoms with Crippen molar-refractivity contribution in [2.24, 2.45) is 0 Å². The highest BCUT2D eigenvalue weighted by molar-refractivity contribution is 6.07. The lowest BCUT2D eigenvalue weighted by molar-refractivity contribution is 0.102. The molecule has 2 N–H and O–H groups in total. The van der Waals surface area contributed by atoms with E-state index < -0.39 is 5.91 Å². The van der Waals surface area contributed by atoms with Crippen molar-refractivity contribution in [3.8, 4) is 17.2 Å². The molecule has 0 fully saturated rings. The molecule has 2 aromatic rings. The van der Waals surface area contributed by atoms with Crippen LogP contribution in [0.4, 0.5) is 5.69 Å². The van der Waals surface area contributed by atoms with Crippen LogP contribution in [0.1, 0.15) is 10.4 Å². The Morgan fingerprint density at radius 3 is 2.35 bits per heavy atom. The average molecular weight is 273 g/mol. The molecule has 0 radical (unpaired) electrons. The third kappa shape index (κ3) is 2.66. The molecule has 2 aromatic carbocycles. The maximum absolute atomic E-state index is 12.2. The number of phenols is 1. The van der Waals surface area contributed by atoms with Crippen LogP contribution in [0.15, 0.2) is 42.5 Å². The Labute approximate surface area is 116 Å². The van der Waals surface area contributed by atoms with Crippen molar-refractivity contribution in [1.82, 2.24) is 0 Å². The quantitative estimate of drug-likeness (QED) is 0.898. The summed E-state index contributed by atoms with van der Waals surface area (Å²) in [7, 11) is 2.95. The summed E-state index contributed by atoms with van der Waals surface area (Å²) in [5.41, 5.74) is 0.664. The third-order valence-corrected chi connectivity index (χ3v) is 2.82. The Hall–Kier alpha value is -2.69. The third-order valence-electron chi connectivity index (χ3n) is 2.82. The van der Waals surface area contributed by atoms with Gasteiger partial charge in [-0.3, -0.25) is 4.79 Å². The Morgan fingerprint density at radius 1 is 1.00 bits per heavy atom. The fraction of sp³-hybridized carbons (Fsp3) is 0.133. The standard InChI is InChI=1S/C15H15NO4/c1-19-12-8-4-3-7-11(12)16-15(18)10-6-5-9-13(20-2)14(10)17/h3-9,17H,1-2H3,(H,16,18). The molecule has 5 nitrogen and oxygen atoms in total. The van der Waals surface area contributed by atoms with Crippen molar-refractivity contribution in [1.29, 1.82) is 0 Å². The van der Waals surface area contributed by atoms with Crippen LogP contribution in [-0.2, 0) is 0 Å². The van der Waals surface area contributed by atoms with Gasteiger partial charge in [-0.25, -0.2) is 0 Å². The number of phenolic OH excluding ortho intramolecular Hbond substituents is 1. The van der Waals surface area contributed by atoms with Gasteiger partial charge in [0.2, 0.25) is 0 Å². The number of methoxy groups -OCH3 is 2. The smallest absolute Gasteiger partial charge is 0.259 e. The SMILES string of the molecule is COc1ccccc1NC(=O)c1cccc(OC)c1O. The first-order chi connectivity index (χ1) is 9.67. The van der Waals surface area contributed by atoms with Crippen LogP contribution in [0.2, 0.25) is 0 Å². The van der Waals surface area contributed by atoms with E-state index in [0.29, 0.717) is 11.4 Å². The number of aromatic hydroxyl groups is 1. The molecule has 0 heterocycles. The van der Waals surface area contributed by atoms with Crippen LogP contribution in [0.5, 0.6) is 17.2 Å². The highest BCUT2D eigenvalue weighted by atomic mass is 16.5. The summed E-state index contributed by atoms with van der Waals surface area (Å²) in [5, 5.41) is 12.6. The molecule has 0 unspecified atom stereocenters. The van der Waals surface area contributed by atoms with Gasteiger partial charge in [-0.2, -0.15) is 0 Å². The van der Waals surface area contributed by atoms with E-state index in [9.17, 15) is 9.90 Å². The summed E-state index contributed by atoms with van der Waals surface area (Å²) < 4.78 is 10.1. The number of carbonyl (C=O) groups is 1. The normalized spacial score (nSPS) is 9.90. The first-order valence-electron chi connectivity index (χ1n) is 5.97. The van der Waals surface area contributed by atoms with Crippen molar-refractivity contribution in [2.45, 2.75) is 0 Å². The van der Waals surface area contributed by atoms with Crippen LogP contribution >= 0.6 is 0 Å². The monoisotopic (exact) mass is 273 g/mol. The molecule has 20 heavy (non-hydrogen) atoms. The van der Waals surface area contributed by atoms with Gasteiger partial charge in [0.25, 0.3) is 5.91 Å².